The molecule has 0 spiro atoms. The fourth-order valence-electron chi connectivity index (χ4n) is 1.78. The SMILES string of the molecule is CCCn1ncnc1COc1ccc(C(N)=NO)cc1Cl. The van der Waals surface area contributed by atoms with Crippen LogP contribution < -0.4 is 10.5 Å². The molecule has 0 aliphatic rings. The summed E-state index contributed by atoms with van der Waals surface area (Å²) in [6.45, 7) is 3.12. The number of benzene rings is 1. The van der Waals surface area contributed by atoms with Crippen molar-refractivity contribution in [1.82, 2.24) is 14.8 Å². The number of ether oxygens (including phenoxy) is 1. The molecule has 0 bridgehead atoms. The lowest BCUT2D eigenvalue weighted by Crippen LogP contribution is -2.13. The minimum atomic E-state index is -0.00820. The fraction of sp³-hybridized carbons (Fsp3) is 0.308. The molecular weight excluding hydrogens is 294 g/mol. The maximum Gasteiger partial charge on any atom is 0.170 e. The van der Waals surface area contributed by atoms with Crippen molar-refractivity contribution in [1.29, 1.82) is 0 Å². The van der Waals surface area contributed by atoms with Crippen LogP contribution in [0.3, 0.4) is 0 Å². The van der Waals surface area contributed by atoms with Gasteiger partial charge in [0, 0.05) is 12.1 Å². The zero-order valence-corrected chi connectivity index (χ0v) is 12.3. The highest BCUT2D eigenvalue weighted by atomic mass is 35.5. The van der Waals surface area contributed by atoms with Crippen LogP contribution in [0.5, 0.6) is 5.75 Å². The zero-order valence-electron chi connectivity index (χ0n) is 11.5. The first kappa shape index (κ1) is 15.1. The molecular formula is C13H16ClN5O2. The standard InChI is InChI=1S/C13H16ClN5O2/c1-2-5-19-12(16-8-17-19)7-21-11-4-3-9(6-10(11)14)13(15)18-20/h3-4,6,8,20H,2,5,7H2,1H3,(H2,15,18). The van der Waals surface area contributed by atoms with Crippen LogP contribution in [-0.4, -0.2) is 25.8 Å². The first-order valence-corrected chi connectivity index (χ1v) is 6.80. The van der Waals surface area contributed by atoms with Gasteiger partial charge < -0.3 is 15.7 Å². The number of nitrogens with zero attached hydrogens (tertiary/aromatic N) is 4. The van der Waals surface area contributed by atoms with E-state index >= 15 is 0 Å². The summed E-state index contributed by atoms with van der Waals surface area (Å²) in [6, 6.07) is 4.89. The van der Waals surface area contributed by atoms with E-state index in [1.807, 2.05) is 0 Å². The molecule has 1 aromatic carbocycles. The van der Waals surface area contributed by atoms with Gasteiger partial charge in [-0.05, 0) is 24.6 Å². The molecule has 1 heterocycles. The van der Waals surface area contributed by atoms with Crippen molar-refractivity contribution in [2.45, 2.75) is 26.5 Å². The lowest BCUT2D eigenvalue weighted by molar-refractivity contribution is 0.286. The normalized spacial score (nSPS) is 11.6. The van der Waals surface area contributed by atoms with Crippen LogP contribution in [0.1, 0.15) is 24.7 Å². The molecule has 2 aromatic rings. The number of hydrogen-bond acceptors (Lipinski definition) is 5. The summed E-state index contributed by atoms with van der Waals surface area (Å²) in [6.07, 6.45) is 2.46. The molecule has 3 N–H and O–H groups in total. The molecule has 7 nitrogen and oxygen atoms in total. The first-order chi connectivity index (χ1) is 10.2. The van der Waals surface area contributed by atoms with Gasteiger partial charge in [0.05, 0.1) is 5.02 Å². The first-order valence-electron chi connectivity index (χ1n) is 6.42. The molecule has 21 heavy (non-hydrogen) atoms. The second-order valence-corrected chi connectivity index (χ2v) is 4.73. The van der Waals surface area contributed by atoms with Crippen molar-refractivity contribution >= 4 is 17.4 Å². The maximum absolute atomic E-state index is 8.63. The highest BCUT2D eigenvalue weighted by Crippen LogP contribution is 2.26. The average Bonchev–Trinajstić information content (AvgIpc) is 2.93. The van der Waals surface area contributed by atoms with Crippen LogP contribution in [0.25, 0.3) is 0 Å². The van der Waals surface area contributed by atoms with Crippen molar-refractivity contribution in [2.75, 3.05) is 0 Å². The zero-order chi connectivity index (χ0) is 15.2. The molecule has 8 heteroatoms. The summed E-state index contributed by atoms with van der Waals surface area (Å²) < 4.78 is 7.43. The highest BCUT2D eigenvalue weighted by Gasteiger charge is 2.09. The average molecular weight is 310 g/mol. The molecule has 0 fully saturated rings. The van der Waals surface area contributed by atoms with Gasteiger partial charge in [-0.3, -0.25) is 0 Å². The third-order valence-electron chi connectivity index (χ3n) is 2.82. The molecule has 1 aromatic heterocycles. The summed E-state index contributed by atoms with van der Waals surface area (Å²) in [5.74, 6) is 1.22. The number of rotatable bonds is 6. The van der Waals surface area contributed by atoms with Crippen LogP contribution >= 0.6 is 11.6 Å². The Labute approximate surface area is 127 Å². The molecule has 0 aliphatic heterocycles. The Bertz CT molecular complexity index is 641. The van der Waals surface area contributed by atoms with Crippen LogP contribution in [-0.2, 0) is 13.2 Å². The minimum absolute atomic E-state index is 0.00820. The maximum atomic E-state index is 8.63. The topological polar surface area (TPSA) is 98.5 Å². The lowest BCUT2D eigenvalue weighted by Gasteiger charge is -2.09. The van der Waals surface area contributed by atoms with Gasteiger partial charge >= 0.3 is 0 Å². The predicted octanol–water partition coefficient (Wildman–Crippen LogP) is 2.01. The molecule has 0 atom stereocenters. The highest BCUT2D eigenvalue weighted by molar-refractivity contribution is 6.32. The van der Waals surface area contributed by atoms with Gasteiger partial charge in [-0.15, -0.1) is 0 Å². The second kappa shape index (κ2) is 6.94. The van der Waals surface area contributed by atoms with E-state index in [-0.39, 0.29) is 12.4 Å². The molecule has 0 amide bonds. The smallest absolute Gasteiger partial charge is 0.170 e. The van der Waals surface area contributed by atoms with Crippen LogP contribution in [0.15, 0.2) is 29.7 Å². The van der Waals surface area contributed by atoms with E-state index in [9.17, 15) is 0 Å². The summed E-state index contributed by atoms with van der Waals surface area (Å²) in [5, 5.41) is 16.0. The van der Waals surface area contributed by atoms with Crippen molar-refractivity contribution in [3.63, 3.8) is 0 Å². The van der Waals surface area contributed by atoms with Gasteiger partial charge in [0.15, 0.2) is 11.7 Å². The number of amidine groups is 1. The Balaban J connectivity index is 2.08. The summed E-state index contributed by atoms with van der Waals surface area (Å²) >= 11 is 6.11. The van der Waals surface area contributed by atoms with Crippen LogP contribution in [0.2, 0.25) is 5.02 Å². The van der Waals surface area contributed by atoms with E-state index in [2.05, 4.69) is 22.2 Å². The van der Waals surface area contributed by atoms with E-state index in [1.165, 1.54) is 6.33 Å². The summed E-state index contributed by atoms with van der Waals surface area (Å²) in [5.41, 5.74) is 6.01. The number of hydrogen-bond donors (Lipinski definition) is 2. The summed E-state index contributed by atoms with van der Waals surface area (Å²) in [7, 11) is 0. The van der Waals surface area contributed by atoms with E-state index < -0.39 is 0 Å². The van der Waals surface area contributed by atoms with Gasteiger partial charge in [0.1, 0.15) is 18.7 Å². The molecule has 2 rings (SSSR count). The number of nitrogens with two attached hydrogens (primary N) is 1. The predicted molar refractivity (Wildman–Crippen MR) is 78.6 cm³/mol. The Kier molecular flexibility index (Phi) is 4.99. The molecule has 0 saturated heterocycles. The monoisotopic (exact) mass is 309 g/mol. The van der Waals surface area contributed by atoms with Crippen molar-refractivity contribution < 1.29 is 9.94 Å². The van der Waals surface area contributed by atoms with E-state index in [0.717, 1.165) is 18.8 Å². The Morgan fingerprint density at radius 1 is 1.52 bits per heavy atom. The van der Waals surface area contributed by atoms with Gasteiger partial charge in [0.2, 0.25) is 0 Å². The number of halogens is 1. The van der Waals surface area contributed by atoms with Crippen LogP contribution in [0.4, 0.5) is 0 Å². The number of oxime groups is 1. The van der Waals surface area contributed by atoms with Gasteiger partial charge in [0.25, 0.3) is 0 Å². The number of aromatic nitrogens is 3. The van der Waals surface area contributed by atoms with E-state index in [1.54, 1.807) is 22.9 Å². The van der Waals surface area contributed by atoms with E-state index in [0.29, 0.717) is 16.3 Å². The van der Waals surface area contributed by atoms with E-state index in [4.69, 9.17) is 27.3 Å². The quantitative estimate of drug-likeness (QED) is 0.368. The lowest BCUT2D eigenvalue weighted by atomic mass is 10.2. The fourth-order valence-corrected chi connectivity index (χ4v) is 2.01. The van der Waals surface area contributed by atoms with Crippen molar-refractivity contribution in [2.24, 2.45) is 10.9 Å². The Hall–Kier alpha value is -2.28. The summed E-state index contributed by atoms with van der Waals surface area (Å²) in [4.78, 5) is 4.15. The second-order valence-electron chi connectivity index (χ2n) is 4.32. The van der Waals surface area contributed by atoms with Gasteiger partial charge in [-0.2, -0.15) is 5.10 Å². The molecule has 0 aliphatic carbocycles. The molecule has 0 saturated carbocycles. The third kappa shape index (κ3) is 3.63. The van der Waals surface area contributed by atoms with Gasteiger partial charge in [-0.25, -0.2) is 9.67 Å². The largest absolute Gasteiger partial charge is 0.484 e. The van der Waals surface area contributed by atoms with Crippen molar-refractivity contribution in [3.8, 4) is 5.75 Å². The number of aryl methyl sites for hydroxylation is 1. The Morgan fingerprint density at radius 2 is 2.33 bits per heavy atom. The molecule has 0 unspecified atom stereocenters. The van der Waals surface area contributed by atoms with Crippen molar-refractivity contribution in [3.05, 3.63) is 40.9 Å². The Morgan fingerprint density at radius 3 is 3.00 bits per heavy atom. The van der Waals surface area contributed by atoms with Gasteiger partial charge in [-0.1, -0.05) is 23.7 Å². The molecule has 0 radical (unpaired) electrons. The third-order valence-corrected chi connectivity index (χ3v) is 3.12. The molecule has 112 valence electrons. The van der Waals surface area contributed by atoms with Crippen LogP contribution in [0, 0.1) is 0 Å². The minimum Gasteiger partial charge on any atom is -0.484 e.